The van der Waals surface area contributed by atoms with Crippen LogP contribution in [0.15, 0.2) is 36.4 Å². The number of hydrogen-bond donors (Lipinski definition) is 1. The number of carbonyl (C=O) groups excluding carboxylic acids is 2. The summed E-state index contributed by atoms with van der Waals surface area (Å²) in [6.07, 6.45) is 0. The number of carbonyl (C=O) groups is 2. The molecule has 2 aromatic rings. The highest BCUT2D eigenvalue weighted by molar-refractivity contribution is 6.46. The summed E-state index contributed by atoms with van der Waals surface area (Å²) in [5.41, 5.74) is 0.788. The van der Waals surface area contributed by atoms with Crippen molar-refractivity contribution >= 4 is 58.3 Å². The molecule has 0 saturated carbocycles. The maximum Gasteiger partial charge on any atom is 0.341 e. The molecule has 1 amide bonds. The van der Waals surface area contributed by atoms with Gasteiger partial charge in [-0.25, -0.2) is 4.79 Å². The Morgan fingerprint density at radius 1 is 0.917 bits per heavy atom. The lowest BCUT2D eigenvalue weighted by Gasteiger charge is -2.09. The van der Waals surface area contributed by atoms with E-state index in [4.69, 9.17) is 51.1 Å². The molecule has 4 nitrogen and oxygen atoms in total. The summed E-state index contributed by atoms with van der Waals surface area (Å²) in [4.78, 5) is 23.8. The van der Waals surface area contributed by atoms with Crippen molar-refractivity contribution in [1.29, 1.82) is 0 Å². The van der Waals surface area contributed by atoms with E-state index in [-0.39, 0.29) is 27.2 Å². The van der Waals surface area contributed by atoms with Crippen molar-refractivity contribution in [3.63, 3.8) is 0 Å². The highest BCUT2D eigenvalue weighted by Gasteiger charge is 2.19. The smallest absolute Gasteiger partial charge is 0.341 e. The molecule has 126 valence electrons. The van der Waals surface area contributed by atoms with Gasteiger partial charge in [-0.15, -0.1) is 0 Å². The molecular weight excluding hydrogens is 396 g/mol. The molecule has 0 radical (unpaired) electrons. The SMILES string of the molecule is O=C(COC(=O)c1c(Cl)ccc(Cl)c1Cl)NCc1ccc(Cl)cc1. The molecule has 24 heavy (non-hydrogen) atoms. The first kappa shape index (κ1) is 18.9. The van der Waals surface area contributed by atoms with E-state index in [0.29, 0.717) is 5.02 Å². The first-order valence-electron chi connectivity index (χ1n) is 6.70. The van der Waals surface area contributed by atoms with Crippen LogP contribution in [0.4, 0.5) is 0 Å². The standard InChI is InChI=1S/C16H11Cl4NO3/c17-10-3-1-9(2-4-10)7-21-13(22)8-24-16(23)14-11(18)5-6-12(19)15(14)20/h1-6H,7-8H2,(H,21,22). The van der Waals surface area contributed by atoms with Crippen molar-refractivity contribution < 1.29 is 14.3 Å². The third kappa shape index (κ3) is 5.02. The minimum Gasteiger partial charge on any atom is -0.452 e. The van der Waals surface area contributed by atoms with Crippen LogP contribution in [0, 0.1) is 0 Å². The normalized spacial score (nSPS) is 10.3. The zero-order valence-corrected chi connectivity index (χ0v) is 15.1. The van der Waals surface area contributed by atoms with Crippen LogP contribution >= 0.6 is 46.4 Å². The summed E-state index contributed by atoms with van der Waals surface area (Å²) in [6, 6.07) is 9.87. The molecule has 0 unspecified atom stereocenters. The van der Waals surface area contributed by atoms with Crippen LogP contribution in [-0.2, 0) is 16.1 Å². The number of amides is 1. The van der Waals surface area contributed by atoms with Crippen molar-refractivity contribution in [3.05, 3.63) is 67.6 Å². The molecule has 0 aliphatic rings. The molecule has 2 rings (SSSR count). The number of ether oxygens (including phenoxy) is 1. The average Bonchev–Trinajstić information content (AvgIpc) is 2.56. The van der Waals surface area contributed by atoms with Gasteiger partial charge in [-0.2, -0.15) is 0 Å². The summed E-state index contributed by atoms with van der Waals surface area (Å²) in [7, 11) is 0. The molecule has 0 bridgehead atoms. The number of esters is 1. The Morgan fingerprint density at radius 2 is 1.54 bits per heavy atom. The van der Waals surface area contributed by atoms with E-state index in [1.54, 1.807) is 24.3 Å². The molecule has 0 atom stereocenters. The van der Waals surface area contributed by atoms with Gasteiger partial charge in [0.25, 0.3) is 5.91 Å². The Kier molecular flexibility index (Phi) is 6.75. The van der Waals surface area contributed by atoms with Crippen LogP contribution < -0.4 is 5.32 Å². The summed E-state index contributed by atoms with van der Waals surface area (Å²) in [5.74, 6) is -1.29. The molecule has 8 heteroatoms. The summed E-state index contributed by atoms with van der Waals surface area (Å²) >= 11 is 23.5. The number of halogens is 4. The summed E-state index contributed by atoms with van der Waals surface area (Å²) < 4.78 is 4.91. The Labute approximate surface area is 158 Å². The Balaban J connectivity index is 1.89. The lowest BCUT2D eigenvalue weighted by atomic mass is 10.2. The maximum absolute atomic E-state index is 12.0. The van der Waals surface area contributed by atoms with Gasteiger partial charge >= 0.3 is 5.97 Å². The van der Waals surface area contributed by atoms with E-state index in [1.807, 2.05) is 0 Å². The highest BCUT2D eigenvalue weighted by Crippen LogP contribution is 2.31. The molecule has 0 spiro atoms. The van der Waals surface area contributed by atoms with E-state index in [2.05, 4.69) is 5.32 Å². The second-order valence-corrected chi connectivity index (χ2v) is 6.33. The van der Waals surface area contributed by atoms with Gasteiger partial charge in [0.2, 0.25) is 0 Å². The van der Waals surface area contributed by atoms with Crippen LogP contribution in [0.5, 0.6) is 0 Å². The fourth-order valence-corrected chi connectivity index (χ4v) is 2.58. The Bertz CT molecular complexity index is 763. The molecule has 0 aliphatic heterocycles. The van der Waals surface area contributed by atoms with Crippen molar-refractivity contribution in [3.8, 4) is 0 Å². The van der Waals surface area contributed by atoms with Crippen LogP contribution in [0.3, 0.4) is 0 Å². The van der Waals surface area contributed by atoms with E-state index < -0.39 is 18.5 Å². The third-order valence-corrected chi connectivity index (χ3v) is 4.36. The van der Waals surface area contributed by atoms with Gasteiger partial charge in [0.05, 0.1) is 20.6 Å². The molecule has 1 N–H and O–H groups in total. The zero-order valence-electron chi connectivity index (χ0n) is 12.1. The summed E-state index contributed by atoms with van der Waals surface area (Å²) in [6.45, 7) is -0.183. The number of benzene rings is 2. The monoisotopic (exact) mass is 405 g/mol. The second kappa shape index (κ2) is 8.58. The lowest BCUT2D eigenvalue weighted by Crippen LogP contribution is -2.28. The minimum absolute atomic E-state index is 0.0178. The second-order valence-electron chi connectivity index (χ2n) is 4.70. The average molecular weight is 407 g/mol. The Hall–Kier alpha value is -1.46. The van der Waals surface area contributed by atoms with E-state index >= 15 is 0 Å². The summed E-state index contributed by atoms with van der Waals surface area (Å²) in [5, 5.41) is 3.46. The Morgan fingerprint density at radius 3 is 2.21 bits per heavy atom. The maximum atomic E-state index is 12.0. The number of rotatable bonds is 5. The molecular formula is C16H11Cl4NO3. The first-order valence-corrected chi connectivity index (χ1v) is 8.21. The minimum atomic E-state index is -0.825. The van der Waals surface area contributed by atoms with Crippen molar-refractivity contribution in [1.82, 2.24) is 5.32 Å². The number of nitrogens with one attached hydrogen (secondary N) is 1. The van der Waals surface area contributed by atoms with Crippen LogP contribution in [0.25, 0.3) is 0 Å². The predicted octanol–water partition coefficient (Wildman–Crippen LogP) is 4.77. The molecule has 0 heterocycles. The van der Waals surface area contributed by atoms with Gasteiger partial charge in [0, 0.05) is 11.6 Å². The zero-order chi connectivity index (χ0) is 17.7. The number of hydrogen-bond acceptors (Lipinski definition) is 3. The highest BCUT2D eigenvalue weighted by atomic mass is 35.5. The van der Waals surface area contributed by atoms with Crippen LogP contribution in [-0.4, -0.2) is 18.5 Å². The van der Waals surface area contributed by atoms with Gasteiger partial charge < -0.3 is 10.1 Å². The van der Waals surface area contributed by atoms with Crippen molar-refractivity contribution in [2.75, 3.05) is 6.61 Å². The van der Waals surface area contributed by atoms with Gasteiger partial charge in [-0.3, -0.25) is 4.79 Å². The van der Waals surface area contributed by atoms with Gasteiger partial charge in [0.1, 0.15) is 0 Å². The van der Waals surface area contributed by atoms with E-state index in [1.165, 1.54) is 12.1 Å². The topological polar surface area (TPSA) is 55.4 Å². The van der Waals surface area contributed by atoms with E-state index in [0.717, 1.165) is 5.56 Å². The molecule has 0 aliphatic carbocycles. The fraction of sp³-hybridized carbons (Fsp3) is 0.125. The van der Waals surface area contributed by atoms with Crippen molar-refractivity contribution in [2.45, 2.75) is 6.54 Å². The largest absolute Gasteiger partial charge is 0.452 e. The van der Waals surface area contributed by atoms with Gasteiger partial charge in [0.15, 0.2) is 6.61 Å². The van der Waals surface area contributed by atoms with E-state index in [9.17, 15) is 9.59 Å². The lowest BCUT2D eigenvalue weighted by molar-refractivity contribution is -0.124. The van der Waals surface area contributed by atoms with Crippen molar-refractivity contribution in [2.24, 2.45) is 0 Å². The predicted molar refractivity (Wildman–Crippen MR) is 95.1 cm³/mol. The fourth-order valence-electron chi connectivity index (χ4n) is 1.77. The molecule has 2 aromatic carbocycles. The third-order valence-electron chi connectivity index (χ3n) is 2.99. The van der Waals surface area contributed by atoms with Gasteiger partial charge in [-0.1, -0.05) is 58.5 Å². The molecule has 0 saturated heterocycles. The molecule has 0 aromatic heterocycles. The van der Waals surface area contributed by atoms with Crippen LogP contribution in [0.1, 0.15) is 15.9 Å². The van der Waals surface area contributed by atoms with Gasteiger partial charge in [-0.05, 0) is 29.8 Å². The quantitative estimate of drug-likeness (QED) is 0.574. The van der Waals surface area contributed by atoms with Crippen LogP contribution in [0.2, 0.25) is 20.1 Å². The first-order chi connectivity index (χ1) is 11.4. The molecule has 0 fully saturated rings.